The van der Waals surface area contributed by atoms with Gasteiger partial charge in [0, 0.05) is 39.3 Å². The molecule has 2 saturated heterocycles. The first-order valence-electron chi connectivity index (χ1n) is 9.42. The second kappa shape index (κ2) is 9.25. The van der Waals surface area contributed by atoms with Crippen molar-refractivity contribution < 1.29 is 18.7 Å². The van der Waals surface area contributed by atoms with E-state index in [9.17, 15) is 14.0 Å². The summed E-state index contributed by atoms with van der Waals surface area (Å²) in [6.07, 6.45) is 0. The molecule has 1 atom stereocenters. The van der Waals surface area contributed by atoms with Crippen molar-refractivity contribution in [2.45, 2.75) is 13.0 Å². The number of amides is 2. The number of para-hydroxylation sites is 1. The van der Waals surface area contributed by atoms with Crippen LogP contribution in [0.15, 0.2) is 24.3 Å². The number of benzene rings is 1. The van der Waals surface area contributed by atoms with Crippen LogP contribution >= 0.6 is 0 Å². The lowest BCUT2D eigenvalue weighted by Gasteiger charge is -2.38. The van der Waals surface area contributed by atoms with Crippen molar-refractivity contribution in [2.24, 2.45) is 0 Å². The standard InChI is InChI=1S/C19H27FN4O3/c1-15(19(26)21-17-5-3-2-4-16(17)20)23-8-6-22(7-9-23)14-18(25)24-10-12-27-13-11-24/h2-5,15H,6-14H2,1H3,(H,21,26)/t15-/m0/s1. The van der Waals surface area contributed by atoms with Gasteiger partial charge in [-0.25, -0.2) is 4.39 Å². The predicted octanol–water partition coefficient (Wildman–Crippen LogP) is 0.629. The fourth-order valence-corrected chi connectivity index (χ4v) is 3.38. The van der Waals surface area contributed by atoms with E-state index in [2.05, 4.69) is 15.1 Å². The highest BCUT2D eigenvalue weighted by atomic mass is 19.1. The van der Waals surface area contributed by atoms with Crippen molar-refractivity contribution in [1.82, 2.24) is 14.7 Å². The van der Waals surface area contributed by atoms with Crippen LogP contribution in [0.4, 0.5) is 10.1 Å². The summed E-state index contributed by atoms with van der Waals surface area (Å²) in [5.74, 6) is -0.528. The Kier molecular flexibility index (Phi) is 6.76. The highest BCUT2D eigenvalue weighted by Crippen LogP contribution is 2.14. The van der Waals surface area contributed by atoms with Crippen LogP contribution in [0, 0.1) is 5.82 Å². The predicted molar refractivity (Wildman–Crippen MR) is 99.9 cm³/mol. The Labute approximate surface area is 159 Å². The van der Waals surface area contributed by atoms with Gasteiger partial charge < -0.3 is 15.0 Å². The second-order valence-corrected chi connectivity index (χ2v) is 6.95. The van der Waals surface area contributed by atoms with E-state index in [-0.39, 0.29) is 23.5 Å². The molecule has 2 amide bonds. The number of halogens is 1. The Balaban J connectivity index is 1.44. The third-order valence-corrected chi connectivity index (χ3v) is 5.19. The molecule has 2 fully saturated rings. The van der Waals surface area contributed by atoms with Gasteiger partial charge in [-0.15, -0.1) is 0 Å². The Bertz CT molecular complexity index is 658. The normalized spacial score (nSPS) is 20.3. The van der Waals surface area contributed by atoms with Gasteiger partial charge in [0.05, 0.1) is 31.5 Å². The minimum absolute atomic E-state index is 0.136. The molecule has 0 spiro atoms. The van der Waals surface area contributed by atoms with Crippen LogP contribution in [0.5, 0.6) is 0 Å². The number of anilines is 1. The number of nitrogens with zero attached hydrogens (tertiary/aromatic N) is 3. The maximum absolute atomic E-state index is 13.7. The number of hydrogen-bond donors (Lipinski definition) is 1. The van der Waals surface area contributed by atoms with Gasteiger partial charge in [-0.3, -0.25) is 19.4 Å². The number of piperazine rings is 1. The number of carbonyl (C=O) groups excluding carboxylic acids is 2. The number of rotatable bonds is 5. The van der Waals surface area contributed by atoms with Crippen LogP contribution < -0.4 is 5.32 Å². The van der Waals surface area contributed by atoms with Gasteiger partial charge in [0.1, 0.15) is 5.82 Å². The molecule has 2 heterocycles. The molecule has 0 saturated carbocycles. The van der Waals surface area contributed by atoms with Crippen LogP contribution in [-0.4, -0.2) is 91.6 Å². The average molecular weight is 378 g/mol. The van der Waals surface area contributed by atoms with Crippen LogP contribution in [0.25, 0.3) is 0 Å². The summed E-state index contributed by atoms with van der Waals surface area (Å²) in [5.41, 5.74) is 0.198. The quantitative estimate of drug-likeness (QED) is 0.814. The first kappa shape index (κ1) is 19.7. The average Bonchev–Trinajstić information content (AvgIpc) is 2.70. The SMILES string of the molecule is C[C@@H](C(=O)Nc1ccccc1F)N1CCN(CC(=O)N2CCOCC2)CC1. The van der Waals surface area contributed by atoms with Gasteiger partial charge in [0.25, 0.3) is 0 Å². The number of ether oxygens (including phenoxy) is 1. The van der Waals surface area contributed by atoms with E-state index in [1.807, 2.05) is 11.8 Å². The van der Waals surface area contributed by atoms with Crippen molar-refractivity contribution >= 4 is 17.5 Å². The molecule has 1 aromatic carbocycles. The monoisotopic (exact) mass is 378 g/mol. The van der Waals surface area contributed by atoms with Gasteiger partial charge in [0.2, 0.25) is 11.8 Å². The molecule has 0 unspecified atom stereocenters. The molecule has 0 aliphatic carbocycles. The molecule has 0 radical (unpaired) electrons. The minimum atomic E-state index is -0.440. The summed E-state index contributed by atoms with van der Waals surface area (Å²) < 4.78 is 19.0. The lowest BCUT2D eigenvalue weighted by atomic mass is 10.2. The number of morpholine rings is 1. The van der Waals surface area contributed by atoms with Crippen molar-refractivity contribution in [3.63, 3.8) is 0 Å². The highest BCUT2D eigenvalue weighted by Gasteiger charge is 2.28. The van der Waals surface area contributed by atoms with Gasteiger partial charge in [-0.1, -0.05) is 12.1 Å². The molecule has 0 aromatic heterocycles. The molecule has 2 aliphatic rings. The zero-order valence-electron chi connectivity index (χ0n) is 15.7. The summed E-state index contributed by atoms with van der Waals surface area (Å²) in [7, 11) is 0. The largest absolute Gasteiger partial charge is 0.378 e. The molecule has 1 N–H and O–H groups in total. The van der Waals surface area contributed by atoms with Crippen LogP contribution in [0.1, 0.15) is 6.92 Å². The van der Waals surface area contributed by atoms with Crippen molar-refractivity contribution in [3.05, 3.63) is 30.1 Å². The summed E-state index contributed by atoms with van der Waals surface area (Å²) in [6.45, 7) is 7.61. The van der Waals surface area contributed by atoms with Crippen molar-refractivity contribution in [2.75, 3.05) is 64.3 Å². The third-order valence-electron chi connectivity index (χ3n) is 5.19. The maximum atomic E-state index is 13.7. The van der Waals surface area contributed by atoms with E-state index in [4.69, 9.17) is 4.74 Å². The van der Waals surface area contributed by atoms with E-state index in [1.165, 1.54) is 6.07 Å². The fraction of sp³-hybridized carbons (Fsp3) is 0.579. The molecular formula is C19H27FN4O3. The van der Waals surface area contributed by atoms with Gasteiger partial charge in [-0.05, 0) is 19.1 Å². The summed E-state index contributed by atoms with van der Waals surface area (Å²) in [4.78, 5) is 30.8. The number of nitrogens with one attached hydrogen (secondary N) is 1. The first-order chi connectivity index (χ1) is 13.0. The summed E-state index contributed by atoms with van der Waals surface area (Å²) in [5, 5.41) is 2.65. The molecule has 0 bridgehead atoms. The van der Waals surface area contributed by atoms with Crippen LogP contribution in [0.2, 0.25) is 0 Å². The van der Waals surface area contributed by atoms with E-state index in [1.54, 1.807) is 18.2 Å². The Morgan fingerprint density at radius 2 is 1.78 bits per heavy atom. The Morgan fingerprint density at radius 1 is 1.11 bits per heavy atom. The zero-order chi connectivity index (χ0) is 19.2. The Morgan fingerprint density at radius 3 is 2.44 bits per heavy atom. The van der Waals surface area contributed by atoms with E-state index in [0.717, 1.165) is 13.1 Å². The molecule has 2 aliphatic heterocycles. The third kappa shape index (κ3) is 5.24. The molecule has 3 rings (SSSR count). The number of hydrogen-bond acceptors (Lipinski definition) is 5. The topological polar surface area (TPSA) is 65.1 Å². The zero-order valence-corrected chi connectivity index (χ0v) is 15.7. The molecule has 7 nitrogen and oxygen atoms in total. The molecular weight excluding hydrogens is 351 g/mol. The first-order valence-corrected chi connectivity index (χ1v) is 9.42. The lowest BCUT2D eigenvalue weighted by molar-refractivity contribution is -0.137. The maximum Gasteiger partial charge on any atom is 0.241 e. The van der Waals surface area contributed by atoms with Crippen molar-refractivity contribution in [3.8, 4) is 0 Å². The van der Waals surface area contributed by atoms with Gasteiger partial charge in [-0.2, -0.15) is 0 Å². The lowest BCUT2D eigenvalue weighted by Crippen LogP contribution is -2.55. The minimum Gasteiger partial charge on any atom is -0.378 e. The Hall–Kier alpha value is -2.03. The molecule has 1 aromatic rings. The van der Waals surface area contributed by atoms with Crippen LogP contribution in [0.3, 0.4) is 0 Å². The highest BCUT2D eigenvalue weighted by molar-refractivity contribution is 5.94. The molecule has 27 heavy (non-hydrogen) atoms. The fourth-order valence-electron chi connectivity index (χ4n) is 3.38. The molecule has 148 valence electrons. The number of carbonyl (C=O) groups is 2. The van der Waals surface area contributed by atoms with Crippen molar-refractivity contribution in [1.29, 1.82) is 0 Å². The van der Waals surface area contributed by atoms with Gasteiger partial charge >= 0.3 is 0 Å². The molecule has 8 heteroatoms. The summed E-state index contributed by atoms with van der Waals surface area (Å²) in [6, 6.07) is 5.79. The van der Waals surface area contributed by atoms with Crippen LogP contribution in [-0.2, 0) is 14.3 Å². The van der Waals surface area contributed by atoms with E-state index >= 15 is 0 Å². The van der Waals surface area contributed by atoms with E-state index in [0.29, 0.717) is 45.9 Å². The second-order valence-electron chi connectivity index (χ2n) is 6.95. The summed E-state index contributed by atoms with van der Waals surface area (Å²) >= 11 is 0. The van der Waals surface area contributed by atoms with Gasteiger partial charge in [0.15, 0.2) is 0 Å². The smallest absolute Gasteiger partial charge is 0.241 e. The van der Waals surface area contributed by atoms with E-state index < -0.39 is 5.82 Å².